The summed E-state index contributed by atoms with van der Waals surface area (Å²) in [5, 5.41) is 23.3. The fraction of sp³-hybridized carbons (Fsp3) is 0.478. The first-order chi connectivity index (χ1) is 32.7. The number of nitrogens with zero attached hydrogens (tertiary/aromatic N) is 10. The van der Waals surface area contributed by atoms with Crippen LogP contribution in [0.25, 0.3) is 31.5 Å². The number of carbonyl (C=O) groups is 2. The zero-order valence-electron chi connectivity index (χ0n) is 37.7. The van der Waals surface area contributed by atoms with Crippen LogP contribution in [0.2, 0.25) is 0 Å². The van der Waals surface area contributed by atoms with Crippen molar-refractivity contribution in [3.63, 3.8) is 0 Å². The molecule has 20 nitrogen and oxygen atoms in total. The zero-order chi connectivity index (χ0) is 47.7. The Morgan fingerprint density at radius 1 is 0.647 bits per heavy atom. The smallest absolute Gasteiger partial charge is 0.250 e. The number of fused-ring (bicyclic) bond motifs is 2. The Morgan fingerprint density at radius 2 is 1.03 bits per heavy atom. The number of hydrogen-bond donors (Lipinski definition) is 2. The molecule has 4 fully saturated rings. The average Bonchev–Trinajstić information content (AvgIpc) is 4.23. The number of nitrogens with one attached hydrogen (secondary N) is 2. The normalized spacial score (nSPS) is 18.0. The summed E-state index contributed by atoms with van der Waals surface area (Å²) in [6, 6.07) is 8.12. The molecule has 2 aromatic carbocycles. The summed E-state index contributed by atoms with van der Waals surface area (Å²) in [6.45, 7) is 17.6. The highest BCUT2D eigenvalue weighted by Gasteiger charge is 2.40. The molecule has 2 aliphatic heterocycles. The number of amides is 2. The van der Waals surface area contributed by atoms with E-state index in [1.807, 2.05) is 0 Å². The second-order valence-electron chi connectivity index (χ2n) is 18.0. The zero-order valence-corrected chi connectivity index (χ0v) is 39.3. The molecule has 2 atom stereocenters. The summed E-state index contributed by atoms with van der Waals surface area (Å²) in [5.41, 5.74) is 1.37. The maximum absolute atomic E-state index is 13.5. The van der Waals surface area contributed by atoms with Crippen LogP contribution in [-0.2, 0) is 52.8 Å². The minimum atomic E-state index is -3.56. The number of rotatable bonds is 14. The Balaban J connectivity index is 0.000000170. The van der Waals surface area contributed by atoms with Gasteiger partial charge in [-0.25, -0.2) is 26.5 Å². The predicted molar refractivity (Wildman–Crippen MR) is 250 cm³/mol. The molecule has 0 radical (unpaired) electrons. The quantitative estimate of drug-likeness (QED) is 0.112. The van der Waals surface area contributed by atoms with Crippen LogP contribution in [0.3, 0.4) is 0 Å². The standard InChI is InChI=1S/2C23H26N6O4S/c2*1-24-16-12-19-18(21(13-16)34(31,32)17-3-4-17)14-25-29(19)20(11-15-6-9-33-10-7-15)23(30)26-22-5-8-28(2)27-22/h2*5,8,12-15,17,20H,3-4,6-7,9-11H2,2H3,(H,26,27,30)/t2*20-/m10/s1. The highest BCUT2D eigenvalue weighted by molar-refractivity contribution is 7.92. The highest BCUT2D eigenvalue weighted by atomic mass is 32.2. The topological polar surface area (TPSA) is 225 Å². The Bertz CT molecular complexity index is 2960. The Kier molecular flexibility index (Phi) is 13.2. The molecule has 2 aliphatic carbocycles. The highest BCUT2D eigenvalue weighted by Crippen LogP contribution is 2.41. The molecule has 0 unspecified atom stereocenters. The first-order valence-corrected chi connectivity index (χ1v) is 25.8. The van der Waals surface area contributed by atoms with Gasteiger partial charge in [0, 0.05) is 75.8 Å². The van der Waals surface area contributed by atoms with Gasteiger partial charge in [-0.1, -0.05) is 0 Å². The molecule has 0 bridgehead atoms. The molecule has 2 saturated heterocycles. The van der Waals surface area contributed by atoms with Crippen LogP contribution in [0, 0.1) is 25.0 Å². The molecule has 2 N–H and O–H groups in total. The third kappa shape index (κ3) is 9.90. The summed E-state index contributed by atoms with van der Waals surface area (Å²) in [4.78, 5) is 34.2. The number of hydrogen-bond acceptors (Lipinski definition) is 12. The maximum atomic E-state index is 13.5. The lowest BCUT2D eigenvalue weighted by Crippen LogP contribution is -2.30. The van der Waals surface area contributed by atoms with Crippen LogP contribution in [-0.4, -0.2) is 105 Å². The van der Waals surface area contributed by atoms with E-state index in [0.29, 0.717) is 98.4 Å². The van der Waals surface area contributed by atoms with E-state index in [1.54, 1.807) is 69.5 Å². The molecule has 6 aromatic rings. The van der Waals surface area contributed by atoms with E-state index >= 15 is 0 Å². The van der Waals surface area contributed by atoms with Crippen LogP contribution in [0.4, 0.5) is 23.0 Å². The van der Waals surface area contributed by atoms with Crippen molar-refractivity contribution in [2.75, 3.05) is 37.1 Å². The third-order valence-corrected chi connectivity index (χ3v) is 17.6. The van der Waals surface area contributed by atoms with Crippen molar-refractivity contribution in [1.82, 2.24) is 39.1 Å². The predicted octanol–water partition coefficient (Wildman–Crippen LogP) is 6.51. The van der Waals surface area contributed by atoms with E-state index in [4.69, 9.17) is 22.6 Å². The molecule has 0 spiro atoms. The second-order valence-corrected chi connectivity index (χ2v) is 22.4. The first-order valence-electron chi connectivity index (χ1n) is 22.7. The van der Waals surface area contributed by atoms with Gasteiger partial charge in [-0.05, 0) is 100 Å². The van der Waals surface area contributed by atoms with Crippen LogP contribution in [0.15, 0.2) is 71.0 Å². The Labute approximate surface area is 393 Å². The lowest BCUT2D eigenvalue weighted by molar-refractivity contribution is -0.121. The number of carbonyl (C=O) groups excluding carboxylic acids is 2. The molecule has 4 aromatic heterocycles. The minimum absolute atomic E-state index is 0.125. The number of anilines is 2. The number of ether oxygens (including phenoxy) is 2. The van der Waals surface area contributed by atoms with Gasteiger partial charge in [0.05, 0.1) is 56.9 Å². The van der Waals surface area contributed by atoms with Crippen molar-refractivity contribution >= 4 is 76.3 Å². The molecular formula is C46H52N12O8S2. The van der Waals surface area contributed by atoms with Crippen molar-refractivity contribution in [3.8, 4) is 0 Å². The molecule has 22 heteroatoms. The molecular weight excluding hydrogens is 913 g/mol. The fourth-order valence-electron chi connectivity index (χ4n) is 9.02. The molecule has 2 saturated carbocycles. The Morgan fingerprint density at radius 3 is 1.35 bits per heavy atom. The summed E-state index contributed by atoms with van der Waals surface area (Å²) < 4.78 is 69.7. The number of benzene rings is 2. The summed E-state index contributed by atoms with van der Waals surface area (Å²) in [7, 11) is -3.58. The summed E-state index contributed by atoms with van der Waals surface area (Å²) >= 11 is 0. The van der Waals surface area contributed by atoms with Crippen molar-refractivity contribution < 1.29 is 35.9 Å². The number of sulfone groups is 2. The van der Waals surface area contributed by atoms with Crippen LogP contribution >= 0.6 is 0 Å². The largest absolute Gasteiger partial charge is 0.381 e. The van der Waals surface area contributed by atoms with Gasteiger partial charge in [-0.2, -0.15) is 20.4 Å². The summed E-state index contributed by atoms with van der Waals surface area (Å²) in [5.74, 6) is 0.807. The minimum Gasteiger partial charge on any atom is -0.381 e. The van der Waals surface area contributed by atoms with Crippen LogP contribution in [0.5, 0.6) is 0 Å². The van der Waals surface area contributed by atoms with E-state index in [9.17, 15) is 26.4 Å². The van der Waals surface area contributed by atoms with Crippen LogP contribution in [0.1, 0.15) is 76.3 Å². The molecule has 356 valence electrons. The molecule has 4 aliphatic rings. The van der Waals surface area contributed by atoms with E-state index in [2.05, 4.69) is 40.7 Å². The first kappa shape index (κ1) is 46.6. The molecule has 6 heterocycles. The van der Waals surface area contributed by atoms with E-state index < -0.39 is 42.3 Å². The summed E-state index contributed by atoms with van der Waals surface area (Å²) in [6.07, 6.45) is 13.4. The van der Waals surface area contributed by atoms with Gasteiger partial charge in [-0.3, -0.25) is 28.3 Å². The van der Waals surface area contributed by atoms with E-state index in [1.165, 1.54) is 24.5 Å². The third-order valence-electron chi connectivity index (χ3n) is 13.0. The number of aryl methyl sites for hydroxylation is 2. The monoisotopic (exact) mass is 964 g/mol. The molecule has 68 heavy (non-hydrogen) atoms. The van der Waals surface area contributed by atoms with Crippen LogP contribution < -0.4 is 10.6 Å². The van der Waals surface area contributed by atoms with Gasteiger partial charge in [0.15, 0.2) is 42.7 Å². The SMILES string of the molecule is [C-]#[N+]c1cc(S(=O)(=O)C2CC2)c2cnn([C@@H](CC3CCOCC3)C(=O)Nc3ccn(C)n3)c2c1.[C-]#[N+]c1cc(S(=O)(=O)C2CC2)c2cnn([C@H](CC3CCOCC3)C(=O)Nc3ccn(C)n3)c2c1. The van der Waals surface area contributed by atoms with Gasteiger partial charge in [-0.15, -0.1) is 0 Å². The average molecular weight is 965 g/mol. The van der Waals surface area contributed by atoms with Gasteiger partial charge in [0.2, 0.25) is 11.8 Å². The Hall–Kier alpha value is -6.46. The number of aromatic nitrogens is 8. The molecule has 10 rings (SSSR count). The van der Waals surface area contributed by atoms with Crippen molar-refractivity contribution in [2.24, 2.45) is 25.9 Å². The van der Waals surface area contributed by atoms with Gasteiger partial charge < -0.3 is 20.1 Å². The maximum Gasteiger partial charge on any atom is 0.250 e. The van der Waals surface area contributed by atoms with Crippen molar-refractivity contribution in [1.29, 1.82) is 0 Å². The lowest BCUT2D eigenvalue weighted by atomic mass is 9.92. The van der Waals surface area contributed by atoms with Gasteiger partial charge in [0.25, 0.3) is 0 Å². The second kappa shape index (κ2) is 19.3. The van der Waals surface area contributed by atoms with Crippen molar-refractivity contribution in [2.45, 2.75) is 96.6 Å². The van der Waals surface area contributed by atoms with Gasteiger partial charge in [0.1, 0.15) is 12.1 Å². The molecule has 2 amide bonds. The van der Waals surface area contributed by atoms with Gasteiger partial charge >= 0.3 is 0 Å². The van der Waals surface area contributed by atoms with E-state index in [0.717, 1.165) is 25.7 Å². The fourth-order valence-corrected chi connectivity index (χ4v) is 12.8. The van der Waals surface area contributed by atoms with E-state index in [-0.39, 0.29) is 44.8 Å². The van der Waals surface area contributed by atoms with Crippen molar-refractivity contribution in [3.05, 3.63) is 84.0 Å². The lowest BCUT2D eigenvalue weighted by Gasteiger charge is -2.26.